The highest BCUT2D eigenvalue weighted by Crippen LogP contribution is 2.23. The number of halogens is 1. The summed E-state index contributed by atoms with van der Waals surface area (Å²) in [6.45, 7) is 8.32. The molecule has 0 spiro atoms. The van der Waals surface area contributed by atoms with Crippen LogP contribution in [0.1, 0.15) is 52.9 Å². The maximum Gasteiger partial charge on any atom is 0.191 e. The van der Waals surface area contributed by atoms with Gasteiger partial charge in [0, 0.05) is 19.1 Å². The van der Waals surface area contributed by atoms with Crippen LogP contribution in [0, 0.1) is 5.92 Å². The molecule has 0 heterocycles. The summed E-state index contributed by atoms with van der Waals surface area (Å²) in [6, 6.07) is 0.612. The Bertz CT molecular complexity index is 269. The lowest BCUT2D eigenvalue weighted by molar-refractivity contribution is 0.329. The Morgan fingerprint density at radius 3 is 2.53 bits per heavy atom. The van der Waals surface area contributed by atoms with Crippen LogP contribution in [-0.2, 0) is 0 Å². The molecule has 19 heavy (non-hydrogen) atoms. The van der Waals surface area contributed by atoms with Gasteiger partial charge in [-0.3, -0.25) is 4.99 Å². The van der Waals surface area contributed by atoms with E-state index < -0.39 is 0 Å². The van der Waals surface area contributed by atoms with Crippen molar-refractivity contribution in [2.45, 2.75) is 58.9 Å². The molecular formula is C15H30IN3. The fourth-order valence-corrected chi connectivity index (χ4v) is 2.34. The molecule has 4 heteroatoms. The molecule has 3 nitrogen and oxygen atoms in total. The van der Waals surface area contributed by atoms with Gasteiger partial charge in [-0.15, -0.1) is 24.0 Å². The third-order valence-electron chi connectivity index (χ3n) is 3.50. The fourth-order valence-electron chi connectivity index (χ4n) is 2.34. The summed E-state index contributed by atoms with van der Waals surface area (Å²) in [7, 11) is 0. The van der Waals surface area contributed by atoms with E-state index in [1.165, 1.54) is 25.7 Å². The number of guanidine groups is 1. The average molecular weight is 379 g/mol. The monoisotopic (exact) mass is 379 g/mol. The van der Waals surface area contributed by atoms with Gasteiger partial charge in [0.25, 0.3) is 0 Å². The van der Waals surface area contributed by atoms with Crippen LogP contribution in [0.25, 0.3) is 0 Å². The zero-order chi connectivity index (χ0) is 13.2. The van der Waals surface area contributed by atoms with Crippen molar-refractivity contribution < 1.29 is 0 Å². The van der Waals surface area contributed by atoms with Gasteiger partial charge >= 0.3 is 0 Å². The zero-order valence-electron chi connectivity index (χ0n) is 12.6. The largest absolute Gasteiger partial charge is 0.357 e. The minimum absolute atomic E-state index is 0. The fraction of sp³-hybridized carbons (Fsp3) is 0.800. The van der Waals surface area contributed by atoms with Gasteiger partial charge in [-0.2, -0.15) is 0 Å². The molecular weight excluding hydrogens is 349 g/mol. The van der Waals surface area contributed by atoms with E-state index in [1.807, 2.05) is 0 Å². The van der Waals surface area contributed by atoms with Gasteiger partial charge in [0.2, 0.25) is 0 Å². The highest BCUT2D eigenvalue weighted by molar-refractivity contribution is 14.0. The molecule has 0 atom stereocenters. The molecule has 0 radical (unpaired) electrons. The number of allylic oxidation sites excluding steroid dienone is 1. The molecule has 0 aromatic carbocycles. The summed E-state index contributed by atoms with van der Waals surface area (Å²) < 4.78 is 0. The van der Waals surface area contributed by atoms with Crippen molar-refractivity contribution in [3.8, 4) is 0 Å². The molecule has 1 aliphatic carbocycles. The summed E-state index contributed by atoms with van der Waals surface area (Å²) in [5.74, 6) is 1.89. The molecule has 0 amide bonds. The molecule has 0 bridgehead atoms. The summed E-state index contributed by atoms with van der Waals surface area (Å²) in [4.78, 5) is 4.61. The molecule has 1 fully saturated rings. The van der Waals surface area contributed by atoms with Crippen LogP contribution in [0.3, 0.4) is 0 Å². The van der Waals surface area contributed by atoms with Crippen molar-refractivity contribution >= 4 is 29.9 Å². The number of nitrogens with zero attached hydrogens (tertiary/aromatic N) is 1. The standard InChI is InChI=1S/C15H29N3.HI/c1-4-6-7-12-17-15(16-5-2)18-14-10-8-13(3)9-11-14;/h4,6,13-14H,5,7-12H2,1-3H3,(H2,16,17,18);1H/b6-4+;. The van der Waals surface area contributed by atoms with E-state index in [0.717, 1.165) is 31.4 Å². The van der Waals surface area contributed by atoms with Crippen LogP contribution in [0.15, 0.2) is 17.1 Å². The first-order valence-corrected chi connectivity index (χ1v) is 7.42. The van der Waals surface area contributed by atoms with Crippen LogP contribution in [0.4, 0.5) is 0 Å². The SMILES string of the molecule is C/C=C/CCN=C(NCC)NC1CCC(C)CC1.I. The van der Waals surface area contributed by atoms with Crippen LogP contribution >= 0.6 is 24.0 Å². The lowest BCUT2D eigenvalue weighted by Gasteiger charge is -2.28. The van der Waals surface area contributed by atoms with Gasteiger partial charge in [-0.05, 0) is 51.9 Å². The maximum atomic E-state index is 4.61. The van der Waals surface area contributed by atoms with Crippen LogP contribution in [0.5, 0.6) is 0 Å². The summed E-state index contributed by atoms with van der Waals surface area (Å²) in [5.41, 5.74) is 0. The van der Waals surface area contributed by atoms with Gasteiger partial charge in [0.1, 0.15) is 0 Å². The highest BCUT2D eigenvalue weighted by atomic mass is 127. The summed E-state index contributed by atoms with van der Waals surface area (Å²) in [6.07, 6.45) is 10.5. The van der Waals surface area contributed by atoms with Gasteiger partial charge in [0.15, 0.2) is 5.96 Å². The van der Waals surface area contributed by atoms with Gasteiger partial charge in [-0.1, -0.05) is 19.1 Å². The van der Waals surface area contributed by atoms with E-state index in [0.29, 0.717) is 6.04 Å². The van der Waals surface area contributed by atoms with E-state index in [4.69, 9.17) is 0 Å². The van der Waals surface area contributed by atoms with Crippen molar-refractivity contribution in [1.82, 2.24) is 10.6 Å². The van der Waals surface area contributed by atoms with Crippen molar-refractivity contribution in [2.24, 2.45) is 10.9 Å². The average Bonchev–Trinajstić information content (AvgIpc) is 2.37. The second kappa shape index (κ2) is 11.6. The Kier molecular flexibility index (Phi) is 11.4. The second-order valence-electron chi connectivity index (χ2n) is 5.22. The topological polar surface area (TPSA) is 36.4 Å². The van der Waals surface area contributed by atoms with Gasteiger partial charge in [0.05, 0.1) is 0 Å². The van der Waals surface area contributed by atoms with E-state index in [2.05, 4.69) is 48.5 Å². The number of rotatable bonds is 5. The van der Waals surface area contributed by atoms with Gasteiger partial charge in [-0.25, -0.2) is 0 Å². The molecule has 1 aliphatic rings. The third-order valence-corrected chi connectivity index (χ3v) is 3.50. The Balaban J connectivity index is 0.00000324. The van der Waals surface area contributed by atoms with Crippen LogP contribution in [0.2, 0.25) is 0 Å². The Morgan fingerprint density at radius 1 is 1.26 bits per heavy atom. The molecule has 0 saturated heterocycles. The molecule has 0 aromatic rings. The summed E-state index contributed by atoms with van der Waals surface area (Å²) in [5, 5.41) is 6.90. The van der Waals surface area contributed by atoms with Crippen molar-refractivity contribution in [1.29, 1.82) is 0 Å². The molecule has 0 aliphatic heterocycles. The number of hydrogen-bond acceptors (Lipinski definition) is 1. The molecule has 0 aromatic heterocycles. The normalized spacial score (nSPS) is 24.1. The van der Waals surface area contributed by atoms with Crippen LogP contribution in [-0.4, -0.2) is 25.1 Å². The van der Waals surface area contributed by atoms with E-state index in [-0.39, 0.29) is 24.0 Å². The molecule has 1 saturated carbocycles. The zero-order valence-corrected chi connectivity index (χ0v) is 14.9. The third kappa shape index (κ3) is 8.50. The van der Waals surface area contributed by atoms with E-state index in [9.17, 15) is 0 Å². The number of aliphatic imine (C=N–C) groups is 1. The van der Waals surface area contributed by atoms with Crippen LogP contribution < -0.4 is 10.6 Å². The van der Waals surface area contributed by atoms with E-state index in [1.54, 1.807) is 0 Å². The lowest BCUT2D eigenvalue weighted by atomic mass is 9.87. The van der Waals surface area contributed by atoms with Crippen molar-refractivity contribution in [3.63, 3.8) is 0 Å². The minimum Gasteiger partial charge on any atom is -0.357 e. The minimum atomic E-state index is 0. The summed E-state index contributed by atoms with van der Waals surface area (Å²) >= 11 is 0. The first kappa shape index (κ1) is 18.7. The first-order valence-electron chi connectivity index (χ1n) is 7.42. The van der Waals surface area contributed by atoms with Crippen molar-refractivity contribution in [3.05, 3.63) is 12.2 Å². The second-order valence-corrected chi connectivity index (χ2v) is 5.22. The maximum absolute atomic E-state index is 4.61. The molecule has 0 unspecified atom stereocenters. The number of hydrogen-bond donors (Lipinski definition) is 2. The van der Waals surface area contributed by atoms with Gasteiger partial charge < -0.3 is 10.6 Å². The van der Waals surface area contributed by atoms with Crippen molar-refractivity contribution in [2.75, 3.05) is 13.1 Å². The number of nitrogens with one attached hydrogen (secondary N) is 2. The Morgan fingerprint density at radius 2 is 1.95 bits per heavy atom. The molecule has 2 N–H and O–H groups in total. The predicted molar refractivity (Wildman–Crippen MR) is 95.4 cm³/mol. The predicted octanol–water partition coefficient (Wildman–Crippen LogP) is 3.70. The Hall–Kier alpha value is -0.260. The van der Waals surface area contributed by atoms with E-state index >= 15 is 0 Å². The lowest BCUT2D eigenvalue weighted by Crippen LogP contribution is -2.44. The molecule has 1 rings (SSSR count). The molecule has 112 valence electrons. The Labute approximate surface area is 135 Å². The quantitative estimate of drug-likeness (QED) is 0.251. The smallest absolute Gasteiger partial charge is 0.191 e. The first-order chi connectivity index (χ1) is 8.76. The highest BCUT2D eigenvalue weighted by Gasteiger charge is 2.18.